The normalized spacial score (nSPS) is 24.6. The first kappa shape index (κ1) is 10.6. The SMILES string of the molecule is CC#CCN1CCCNC(CC)C1. The lowest BCUT2D eigenvalue weighted by Gasteiger charge is -2.21. The summed E-state index contributed by atoms with van der Waals surface area (Å²) in [5, 5.41) is 3.55. The zero-order valence-corrected chi connectivity index (χ0v) is 8.77. The lowest BCUT2D eigenvalue weighted by atomic mass is 10.2. The summed E-state index contributed by atoms with van der Waals surface area (Å²) in [7, 11) is 0. The van der Waals surface area contributed by atoms with E-state index in [9.17, 15) is 0 Å². The van der Waals surface area contributed by atoms with Gasteiger partial charge in [-0.05, 0) is 26.3 Å². The summed E-state index contributed by atoms with van der Waals surface area (Å²) < 4.78 is 0. The van der Waals surface area contributed by atoms with Crippen molar-refractivity contribution in [1.29, 1.82) is 0 Å². The Morgan fingerprint density at radius 3 is 3.08 bits per heavy atom. The maximum absolute atomic E-state index is 3.55. The van der Waals surface area contributed by atoms with Gasteiger partial charge in [0.2, 0.25) is 0 Å². The van der Waals surface area contributed by atoms with E-state index < -0.39 is 0 Å². The molecule has 0 aliphatic carbocycles. The lowest BCUT2D eigenvalue weighted by Crippen LogP contribution is -2.37. The van der Waals surface area contributed by atoms with E-state index in [2.05, 4.69) is 29.0 Å². The first-order valence-electron chi connectivity index (χ1n) is 5.22. The number of nitrogens with zero attached hydrogens (tertiary/aromatic N) is 1. The fourth-order valence-electron chi connectivity index (χ4n) is 1.68. The fourth-order valence-corrected chi connectivity index (χ4v) is 1.68. The first-order valence-corrected chi connectivity index (χ1v) is 5.22. The topological polar surface area (TPSA) is 15.3 Å². The molecule has 0 aromatic rings. The van der Waals surface area contributed by atoms with Gasteiger partial charge in [0.25, 0.3) is 0 Å². The molecule has 0 saturated carbocycles. The number of hydrogen-bond acceptors (Lipinski definition) is 2. The summed E-state index contributed by atoms with van der Waals surface area (Å²) in [5.74, 6) is 6.09. The molecule has 1 aliphatic heterocycles. The average molecular weight is 180 g/mol. The second-order valence-electron chi connectivity index (χ2n) is 3.57. The molecule has 1 fully saturated rings. The highest BCUT2D eigenvalue weighted by Crippen LogP contribution is 2.02. The third kappa shape index (κ3) is 3.80. The molecule has 13 heavy (non-hydrogen) atoms. The highest BCUT2D eigenvalue weighted by molar-refractivity contribution is 4.98. The van der Waals surface area contributed by atoms with E-state index in [-0.39, 0.29) is 0 Å². The number of hydrogen-bond donors (Lipinski definition) is 1. The van der Waals surface area contributed by atoms with Crippen LogP contribution in [0.2, 0.25) is 0 Å². The van der Waals surface area contributed by atoms with Crippen molar-refractivity contribution in [2.45, 2.75) is 32.7 Å². The van der Waals surface area contributed by atoms with Crippen LogP contribution in [0.4, 0.5) is 0 Å². The molecule has 0 spiro atoms. The van der Waals surface area contributed by atoms with Crippen LogP contribution in [0.1, 0.15) is 26.7 Å². The summed E-state index contributed by atoms with van der Waals surface area (Å²) in [5.41, 5.74) is 0. The molecule has 0 aromatic heterocycles. The molecule has 0 aromatic carbocycles. The van der Waals surface area contributed by atoms with Crippen molar-refractivity contribution in [1.82, 2.24) is 10.2 Å². The Balaban J connectivity index is 2.37. The number of rotatable bonds is 2. The Bertz CT molecular complexity index is 190. The van der Waals surface area contributed by atoms with Crippen LogP contribution in [0.15, 0.2) is 0 Å². The van der Waals surface area contributed by atoms with E-state index in [1.54, 1.807) is 0 Å². The first-order chi connectivity index (χ1) is 6.36. The monoisotopic (exact) mass is 180 g/mol. The van der Waals surface area contributed by atoms with Crippen molar-refractivity contribution in [3.63, 3.8) is 0 Å². The zero-order chi connectivity index (χ0) is 9.52. The van der Waals surface area contributed by atoms with Gasteiger partial charge in [-0.15, -0.1) is 5.92 Å². The van der Waals surface area contributed by atoms with Gasteiger partial charge in [0.05, 0.1) is 6.54 Å². The van der Waals surface area contributed by atoms with Crippen LogP contribution in [-0.4, -0.2) is 37.1 Å². The molecule has 1 N–H and O–H groups in total. The van der Waals surface area contributed by atoms with Crippen molar-refractivity contribution >= 4 is 0 Å². The molecule has 1 aliphatic rings. The molecule has 2 nitrogen and oxygen atoms in total. The molecular weight excluding hydrogens is 160 g/mol. The van der Waals surface area contributed by atoms with E-state index in [0.717, 1.165) is 19.6 Å². The van der Waals surface area contributed by atoms with Gasteiger partial charge in [0.15, 0.2) is 0 Å². The van der Waals surface area contributed by atoms with Crippen LogP contribution in [0.25, 0.3) is 0 Å². The van der Waals surface area contributed by atoms with Crippen molar-refractivity contribution in [2.75, 3.05) is 26.2 Å². The van der Waals surface area contributed by atoms with Crippen LogP contribution in [0.5, 0.6) is 0 Å². The molecule has 1 heterocycles. The highest BCUT2D eigenvalue weighted by atomic mass is 15.2. The summed E-state index contributed by atoms with van der Waals surface area (Å²) in [4.78, 5) is 2.45. The maximum Gasteiger partial charge on any atom is 0.0602 e. The Hall–Kier alpha value is -0.520. The maximum atomic E-state index is 3.55. The summed E-state index contributed by atoms with van der Waals surface area (Å²) >= 11 is 0. The Kier molecular flexibility index (Phi) is 4.88. The number of nitrogens with one attached hydrogen (secondary N) is 1. The minimum absolute atomic E-state index is 0.668. The Labute approximate surface area is 81.7 Å². The second kappa shape index (κ2) is 6.01. The van der Waals surface area contributed by atoms with Gasteiger partial charge >= 0.3 is 0 Å². The van der Waals surface area contributed by atoms with E-state index in [1.165, 1.54) is 19.4 Å². The van der Waals surface area contributed by atoms with Crippen LogP contribution >= 0.6 is 0 Å². The van der Waals surface area contributed by atoms with Gasteiger partial charge < -0.3 is 5.32 Å². The van der Waals surface area contributed by atoms with Gasteiger partial charge in [-0.2, -0.15) is 0 Å². The van der Waals surface area contributed by atoms with E-state index >= 15 is 0 Å². The predicted octanol–water partition coefficient (Wildman–Crippen LogP) is 1.08. The van der Waals surface area contributed by atoms with Gasteiger partial charge in [0, 0.05) is 19.1 Å². The Morgan fingerprint density at radius 1 is 1.54 bits per heavy atom. The van der Waals surface area contributed by atoms with E-state index in [1.807, 2.05) is 6.92 Å². The van der Waals surface area contributed by atoms with Crippen LogP contribution in [0, 0.1) is 11.8 Å². The van der Waals surface area contributed by atoms with Crippen molar-refractivity contribution in [3.8, 4) is 11.8 Å². The van der Waals surface area contributed by atoms with Crippen molar-refractivity contribution < 1.29 is 0 Å². The van der Waals surface area contributed by atoms with Crippen molar-refractivity contribution in [2.24, 2.45) is 0 Å². The summed E-state index contributed by atoms with van der Waals surface area (Å²) in [6.07, 6.45) is 2.47. The second-order valence-corrected chi connectivity index (χ2v) is 3.57. The largest absolute Gasteiger partial charge is 0.313 e. The van der Waals surface area contributed by atoms with Gasteiger partial charge in [-0.1, -0.05) is 12.8 Å². The summed E-state index contributed by atoms with van der Waals surface area (Å²) in [6, 6.07) is 0.668. The van der Waals surface area contributed by atoms with Crippen LogP contribution < -0.4 is 5.32 Å². The predicted molar refractivity (Wildman–Crippen MR) is 56.6 cm³/mol. The smallest absolute Gasteiger partial charge is 0.0602 e. The molecule has 1 saturated heterocycles. The lowest BCUT2D eigenvalue weighted by molar-refractivity contribution is 0.296. The molecule has 0 amide bonds. The fraction of sp³-hybridized carbons (Fsp3) is 0.818. The van der Waals surface area contributed by atoms with Gasteiger partial charge in [0.1, 0.15) is 0 Å². The minimum atomic E-state index is 0.668. The quantitative estimate of drug-likeness (QED) is 0.640. The molecule has 0 radical (unpaired) electrons. The summed E-state index contributed by atoms with van der Waals surface area (Å²) in [6.45, 7) is 8.60. The molecule has 1 unspecified atom stereocenters. The van der Waals surface area contributed by atoms with E-state index in [0.29, 0.717) is 6.04 Å². The highest BCUT2D eigenvalue weighted by Gasteiger charge is 2.14. The zero-order valence-electron chi connectivity index (χ0n) is 8.77. The van der Waals surface area contributed by atoms with Crippen LogP contribution in [-0.2, 0) is 0 Å². The standard InChI is InChI=1S/C11H20N2/c1-3-5-8-13-9-6-7-12-11(4-2)10-13/h11-12H,4,6-10H2,1-2H3. The molecular formula is C11H20N2. The Morgan fingerprint density at radius 2 is 2.38 bits per heavy atom. The van der Waals surface area contributed by atoms with Gasteiger partial charge in [-0.25, -0.2) is 0 Å². The third-order valence-corrected chi connectivity index (χ3v) is 2.53. The third-order valence-electron chi connectivity index (χ3n) is 2.53. The molecule has 1 rings (SSSR count). The van der Waals surface area contributed by atoms with Gasteiger partial charge in [-0.3, -0.25) is 4.90 Å². The average Bonchev–Trinajstić information content (AvgIpc) is 2.39. The molecule has 0 bridgehead atoms. The van der Waals surface area contributed by atoms with Crippen LogP contribution in [0.3, 0.4) is 0 Å². The minimum Gasteiger partial charge on any atom is -0.313 e. The molecule has 74 valence electrons. The molecule has 2 heteroatoms. The van der Waals surface area contributed by atoms with E-state index in [4.69, 9.17) is 0 Å². The molecule has 1 atom stereocenters. The van der Waals surface area contributed by atoms with Crippen molar-refractivity contribution in [3.05, 3.63) is 0 Å².